The molecule has 6 aromatic heterocycles. The zero-order valence-corrected chi connectivity index (χ0v) is 57.4. The first kappa shape index (κ1) is 59.5. The van der Waals surface area contributed by atoms with Gasteiger partial charge in [-0.15, -0.1) is 0 Å². The van der Waals surface area contributed by atoms with Crippen molar-refractivity contribution in [3.8, 4) is 90.4 Å². The van der Waals surface area contributed by atoms with Crippen molar-refractivity contribution in [1.29, 1.82) is 0 Å². The minimum absolute atomic E-state index is 0.171. The van der Waals surface area contributed by atoms with E-state index in [0.717, 1.165) is 111 Å². The lowest BCUT2D eigenvalue weighted by Gasteiger charge is -2.21. The van der Waals surface area contributed by atoms with E-state index >= 15 is 0 Å². The quantitative estimate of drug-likeness (QED) is 0.157. The Balaban J connectivity index is 0.000000134. The van der Waals surface area contributed by atoms with Crippen LogP contribution < -0.4 is 0 Å². The molecular weight excluding hydrogens is 1270 g/mol. The highest BCUT2D eigenvalue weighted by Gasteiger charge is 2.42. The Kier molecular flexibility index (Phi) is 12.9. The molecule has 9 nitrogen and oxygen atoms in total. The van der Waals surface area contributed by atoms with Gasteiger partial charge in [-0.2, -0.15) is 0 Å². The monoisotopic (exact) mass is 1330 g/mol. The van der Waals surface area contributed by atoms with Gasteiger partial charge in [0.2, 0.25) is 0 Å². The fourth-order valence-electron chi connectivity index (χ4n) is 17.1. The van der Waals surface area contributed by atoms with Gasteiger partial charge in [-0.25, -0.2) is 24.9 Å². The Morgan fingerprint density at radius 3 is 1.05 bits per heavy atom. The van der Waals surface area contributed by atoms with E-state index < -0.39 is 0 Å². The maximum Gasteiger partial charge on any atom is 0.164 e. The average molecular weight is 1330 g/mol. The van der Waals surface area contributed by atoms with E-state index in [1.807, 2.05) is 91.0 Å². The molecule has 9 heteroatoms. The van der Waals surface area contributed by atoms with Crippen LogP contribution in [-0.2, 0) is 10.8 Å². The van der Waals surface area contributed by atoms with Crippen molar-refractivity contribution in [1.82, 2.24) is 34.1 Å². The van der Waals surface area contributed by atoms with Crippen molar-refractivity contribution in [2.75, 3.05) is 0 Å². The van der Waals surface area contributed by atoms with Crippen LogP contribution in [0.1, 0.15) is 49.9 Å². The fourth-order valence-corrected chi connectivity index (χ4v) is 17.1. The molecule has 0 bridgehead atoms. The van der Waals surface area contributed by atoms with Crippen molar-refractivity contribution in [3.63, 3.8) is 0 Å². The van der Waals surface area contributed by atoms with Crippen LogP contribution in [0, 0.1) is 0 Å². The predicted molar refractivity (Wildman–Crippen MR) is 425 cm³/mol. The van der Waals surface area contributed by atoms with Gasteiger partial charge in [0.15, 0.2) is 23.3 Å². The van der Waals surface area contributed by atoms with Crippen LogP contribution in [0.2, 0.25) is 0 Å². The molecular formula is C95H63N7O2. The number of rotatable bonds is 7. The summed E-state index contributed by atoms with van der Waals surface area (Å²) in [6.45, 7) is 9.36. The SMILES string of the molecule is CC1(C)c2ccc3c(oc4ccccc43)c2-c2c1ccc1c2c2ccccc2n1-c1ccc(-c2nc(-c3ccccc3)c3ccccc3n2)cc1.CC1(C)c2ccc3c(oc4ccccc43)c2-c2c1ccc1c2c2ccccc2n1-c1ccc(-c2nc(-c3ccccc3)nc(-c3ccccc3)n2)cc1. The van der Waals surface area contributed by atoms with Crippen molar-refractivity contribution in [2.45, 2.75) is 38.5 Å². The molecule has 0 amide bonds. The van der Waals surface area contributed by atoms with Crippen LogP contribution in [0.25, 0.3) is 189 Å². The summed E-state index contributed by atoms with van der Waals surface area (Å²) in [7, 11) is 0. The fraction of sp³-hybridized carbons (Fsp3) is 0.0632. The molecule has 2 aliphatic rings. The number of hydrogen-bond acceptors (Lipinski definition) is 7. The molecule has 6 heterocycles. The number of benzene rings is 14. The standard InChI is InChI=1S/C48H32N4O.C47H31N3O/c1-48(2)36-27-28-39-41(42(36)43-37(48)26-25-34-33-17-10-12-20-40(33)53-44(34)43)35-18-9-11-19-38(35)52(39)32-23-21-31(22-24-32)47-50-45(29-13-5-3-6-14-29)49-46(51-47)30-15-7-4-8-16-30;1-47(2)35-26-27-39-41(42(35)43-36(47)25-24-32-31-14-8-11-19-40(31)51-45(32)43)34-16-7-10-18-38(34)50(39)30-22-20-29(21-23-30)46-48-37-17-9-6-15-33(37)44(49-46)28-12-4-3-5-13-28/h3-28H,1-2H3;3-27H,1-2H3. The summed E-state index contributed by atoms with van der Waals surface area (Å²) in [5.41, 5.74) is 27.3. The van der Waals surface area contributed by atoms with Crippen LogP contribution in [0.5, 0.6) is 0 Å². The maximum atomic E-state index is 6.70. The van der Waals surface area contributed by atoms with E-state index in [2.05, 4.69) is 255 Å². The molecule has 490 valence electrons. The zero-order valence-electron chi connectivity index (χ0n) is 57.4. The maximum absolute atomic E-state index is 6.70. The van der Waals surface area contributed by atoms with E-state index in [1.54, 1.807) is 0 Å². The number of aromatic nitrogens is 7. The van der Waals surface area contributed by atoms with Gasteiger partial charge >= 0.3 is 0 Å². The minimum atomic E-state index is -0.182. The Morgan fingerprint density at radius 1 is 0.250 bits per heavy atom. The summed E-state index contributed by atoms with van der Waals surface area (Å²) in [5, 5.41) is 10.6. The highest BCUT2D eigenvalue weighted by molar-refractivity contribution is 6.24. The molecule has 20 aromatic rings. The van der Waals surface area contributed by atoms with Crippen molar-refractivity contribution in [2.24, 2.45) is 0 Å². The molecule has 0 unspecified atom stereocenters. The summed E-state index contributed by atoms with van der Waals surface area (Å²) in [6.07, 6.45) is 0. The van der Waals surface area contributed by atoms with E-state index in [-0.39, 0.29) is 10.8 Å². The van der Waals surface area contributed by atoms with Gasteiger partial charge in [0.05, 0.1) is 33.3 Å². The number of para-hydroxylation sites is 5. The van der Waals surface area contributed by atoms with Crippen LogP contribution in [0.3, 0.4) is 0 Å². The van der Waals surface area contributed by atoms with Crippen molar-refractivity contribution in [3.05, 3.63) is 332 Å². The number of hydrogen-bond donors (Lipinski definition) is 0. The zero-order chi connectivity index (χ0) is 69.1. The van der Waals surface area contributed by atoms with Crippen LogP contribution in [-0.4, -0.2) is 34.1 Å². The van der Waals surface area contributed by atoms with Gasteiger partial charge < -0.3 is 18.0 Å². The highest BCUT2D eigenvalue weighted by Crippen LogP contribution is 2.58. The van der Waals surface area contributed by atoms with Gasteiger partial charge in [-0.3, -0.25) is 0 Å². The molecule has 0 aliphatic heterocycles. The lowest BCUT2D eigenvalue weighted by Crippen LogP contribution is -2.14. The molecule has 0 radical (unpaired) electrons. The Morgan fingerprint density at radius 2 is 0.596 bits per heavy atom. The second-order valence-corrected chi connectivity index (χ2v) is 28.6. The second-order valence-electron chi connectivity index (χ2n) is 28.6. The second kappa shape index (κ2) is 22.6. The first-order valence-electron chi connectivity index (χ1n) is 35.5. The molecule has 0 atom stereocenters. The third-order valence-electron chi connectivity index (χ3n) is 22.1. The molecule has 0 spiro atoms. The lowest BCUT2D eigenvalue weighted by atomic mass is 9.82. The van der Waals surface area contributed by atoms with Crippen LogP contribution in [0.4, 0.5) is 0 Å². The normalized spacial score (nSPS) is 13.3. The van der Waals surface area contributed by atoms with E-state index in [4.69, 9.17) is 33.8 Å². The van der Waals surface area contributed by atoms with Crippen LogP contribution >= 0.6 is 0 Å². The van der Waals surface area contributed by atoms with Crippen LogP contribution in [0.15, 0.2) is 318 Å². The molecule has 0 fully saturated rings. The van der Waals surface area contributed by atoms with Gasteiger partial charge in [-0.05, 0) is 124 Å². The molecule has 14 aromatic carbocycles. The molecule has 0 saturated heterocycles. The first-order chi connectivity index (χ1) is 51.1. The van der Waals surface area contributed by atoms with E-state index in [9.17, 15) is 0 Å². The van der Waals surface area contributed by atoms with E-state index in [1.165, 1.54) is 77.1 Å². The first-order valence-corrected chi connectivity index (χ1v) is 35.5. The molecule has 22 rings (SSSR count). The summed E-state index contributed by atoms with van der Waals surface area (Å²) < 4.78 is 18.2. The third kappa shape index (κ3) is 8.83. The number of furan rings is 2. The van der Waals surface area contributed by atoms with Gasteiger partial charge in [0.1, 0.15) is 22.3 Å². The summed E-state index contributed by atoms with van der Waals surface area (Å²) in [5.74, 6) is 2.65. The topological polar surface area (TPSA) is 101 Å². The van der Waals surface area contributed by atoms with Gasteiger partial charge in [0, 0.05) is 110 Å². The van der Waals surface area contributed by atoms with E-state index in [0.29, 0.717) is 23.3 Å². The summed E-state index contributed by atoms with van der Waals surface area (Å²) in [6, 6.07) is 109. The highest BCUT2D eigenvalue weighted by atomic mass is 16.3. The van der Waals surface area contributed by atoms with Crippen molar-refractivity contribution < 1.29 is 8.83 Å². The molecule has 104 heavy (non-hydrogen) atoms. The number of nitrogens with zero attached hydrogens (tertiary/aromatic N) is 7. The molecule has 0 saturated carbocycles. The minimum Gasteiger partial charge on any atom is -0.455 e. The predicted octanol–water partition coefficient (Wildman–Crippen LogP) is 24.4. The molecule has 0 N–H and O–H groups in total. The van der Waals surface area contributed by atoms with Gasteiger partial charge in [0.25, 0.3) is 0 Å². The number of fused-ring (bicyclic) bond motifs is 23. The Hall–Kier alpha value is -13.4. The molecule has 2 aliphatic carbocycles. The average Bonchev–Trinajstić information content (AvgIpc) is 1.53. The lowest BCUT2D eigenvalue weighted by molar-refractivity contribution is 0.653. The third-order valence-corrected chi connectivity index (χ3v) is 22.1. The largest absolute Gasteiger partial charge is 0.455 e. The smallest absolute Gasteiger partial charge is 0.164 e. The Labute approximate surface area is 598 Å². The summed E-state index contributed by atoms with van der Waals surface area (Å²) >= 11 is 0. The van der Waals surface area contributed by atoms with Crippen molar-refractivity contribution >= 4 is 98.4 Å². The van der Waals surface area contributed by atoms with Gasteiger partial charge in [-0.1, -0.05) is 246 Å². The Bertz CT molecular complexity index is 6890. The summed E-state index contributed by atoms with van der Waals surface area (Å²) in [4.78, 5) is 24.9.